The molecular weight excluding hydrogens is 686 g/mol. The number of methoxy groups -OCH3 is 1. The summed E-state index contributed by atoms with van der Waals surface area (Å²) in [5.41, 5.74) is -1.75. The summed E-state index contributed by atoms with van der Waals surface area (Å²) in [6.07, 6.45) is 6.96. The second kappa shape index (κ2) is 13.8. The van der Waals surface area contributed by atoms with Gasteiger partial charge in [-0.3, -0.25) is 9.69 Å². The number of amides is 1. The first kappa shape index (κ1) is 35.6. The van der Waals surface area contributed by atoms with Gasteiger partial charge in [-0.1, -0.05) is 18.6 Å². The number of fused-ring (bicyclic) bond motifs is 3. The number of hydrogen-bond acceptors (Lipinski definition) is 11. The van der Waals surface area contributed by atoms with Crippen LogP contribution < -0.4 is 19.7 Å². The zero-order valence-electron chi connectivity index (χ0n) is 30.3. The summed E-state index contributed by atoms with van der Waals surface area (Å²) in [6, 6.07) is 7.99. The Labute approximate surface area is 306 Å². The van der Waals surface area contributed by atoms with Gasteiger partial charge in [0.25, 0.3) is 0 Å². The van der Waals surface area contributed by atoms with Gasteiger partial charge in [-0.25, -0.2) is 13.8 Å². The number of rotatable bonds is 8. The third-order valence-electron chi connectivity index (χ3n) is 11.6. The zero-order valence-corrected chi connectivity index (χ0v) is 30.3. The summed E-state index contributed by atoms with van der Waals surface area (Å²) >= 11 is 0. The predicted molar refractivity (Wildman–Crippen MR) is 194 cm³/mol. The van der Waals surface area contributed by atoms with Crippen LogP contribution in [0.4, 0.5) is 14.6 Å². The maximum Gasteiger partial charge on any atom is 0.319 e. The molecule has 2 aromatic carbocycles. The van der Waals surface area contributed by atoms with Crippen LogP contribution in [0.3, 0.4) is 0 Å². The molecule has 12 nitrogen and oxygen atoms in total. The number of aromatic nitrogens is 3. The van der Waals surface area contributed by atoms with Crippen molar-refractivity contribution in [1.82, 2.24) is 25.2 Å². The van der Waals surface area contributed by atoms with E-state index in [2.05, 4.69) is 20.2 Å². The van der Waals surface area contributed by atoms with E-state index in [1.54, 1.807) is 24.8 Å². The van der Waals surface area contributed by atoms with Crippen molar-refractivity contribution >= 4 is 33.4 Å². The number of pyridine rings is 1. The van der Waals surface area contributed by atoms with Crippen molar-refractivity contribution in [3.63, 3.8) is 0 Å². The Morgan fingerprint density at radius 2 is 1.92 bits per heavy atom. The fourth-order valence-corrected chi connectivity index (χ4v) is 9.31. The molecule has 0 spiro atoms. The maximum absolute atomic E-state index is 17.1. The molecule has 0 bridgehead atoms. The normalized spacial score (nSPS) is 27.7. The highest BCUT2D eigenvalue weighted by molar-refractivity contribution is 6.02. The lowest BCUT2D eigenvalue weighted by atomic mass is 9.73. The van der Waals surface area contributed by atoms with Crippen molar-refractivity contribution in [3.8, 4) is 28.9 Å². The van der Waals surface area contributed by atoms with Crippen LogP contribution in [0.25, 0.3) is 32.9 Å². The maximum atomic E-state index is 17.1. The third-order valence-corrected chi connectivity index (χ3v) is 11.6. The van der Waals surface area contributed by atoms with Gasteiger partial charge in [-0.15, -0.1) is 0 Å². The number of halogens is 2. The molecule has 1 amide bonds. The lowest BCUT2D eigenvalue weighted by molar-refractivity contribution is -0.121. The summed E-state index contributed by atoms with van der Waals surface area (Å²) in [6.45, 7) is 5.40. The highest BCUT2D eigenvalue weighted by Crippen LogP contribution is 2.50. The molecule has 2 unspecified atom stereocenters. The highest BCUT2D eigenvalue weighted by atomic mass is 19.1. The average Bonchev–Trinajstić information content (AvgIpc) is 3.45. The standard InChI is InChI=1S/C39H46F2N6O6/c1-22(48)42-24-16-25(17-24)47-12-6-11-39(10-5-9-29(39)47)21-53-37-44-34-31(35(45-37)46-13-14-52-20-38(2,50)19-46)36(51-3)43-33(32(34)41)27-18-26(49)15-23-7-4-8-28(40)30(23)27/h4,7-8,15,18,24-25,29,49-50H,5-6,9-14,16-17,19-21H2,1-3H3,(H,42,48)/t24?,25?,29?,38-,39?/m0/s1. The molecule has 0 radical (unpaired) electrons. The molecule has 4 fully saturated rings. The van der Waals surface area contributed by atoms with Crippen molar-refractivity contribution < 1.29 is 38.0 Å². The molecule has 14 heteroatoms. The van der Waals surface area contributed by atoms with Crippen LogP contribution in [0.2, 0.25) is 0 Å². The fourth-order valence-electron chi connectivity index (χ4n) is 9.31. The number of aromatic hydroxyl groups is 1. The van der Waals surface area contributed by atoms with Gasteiger partial charge in [0.2, 0.25) is 11.8 Å². The number of carbonyl (C=O) groups is 1. The van der Waals surface area contributed by atoms with Gasteiger partial charge < -0.3 is 34.6 Å². The number of ether oxygens (including phenoxy) is 3. The summed E-state index contributed by atoms with van der Waals surface area (Å²) in [4.78, 5) is 30.1. The van der Waals surface area contributed by atoms with Gasteiger partial charge in [0.05, 0.1) is 33.5 Å². The molecule has 8 rings (SSSR count). The number of anilines is 1. The highest BCUT2D eigenvalue weighted by Gasteiger charge is 2.52. The van der Waals surface area contributed by atoms with Crippen molar-refractivity contribution in [2.45, 2.75) is 82.5 Å². The first-order valence-electron chi connectivity index (χ1n) is 18.5. The van der Waals surface area contributed by atoms with E-state index in [1.165, 1.54) is 31.4 Å². The average molecular weight is 733 g/mol. The molecule has 2 saturated carbocycles. The number of carbonyl (C=O) groups excluding carboxylic acids is 1. The fraction of sp³-hybridized carbons (Fsp3) is 0.538. The monoisotopic (exact) mass is 732 g/mol. The van der Waals surface area contributed by atoms with Crippen LogP contribution >= 0.6 is 0 Å². The second-order valence-corrected chi connectivity index (χ2v) is 15.6. The number of hydrogen-bond donors (Lipinski definition) is 3. The molecule has 53 heavy (non-hydrogen) atoms. The van der Waals surface area contributed by atoms with Crippen molar-refractivity contribution in [3.05, 3.63) is 42.0 Å². The van der Waals surface area contributed by atoms with E-state index in [0.29, 0.717) is 30.6 Å². The molecular formula is C39H46F2N6O6. The Morgan fingerprint density at radius 1 is 1.11 bits per heavy atom. The minimum absolute atomic E-state index is 0.00108. The van der Waals surface area contributed by atoms with Crippen LogP contribution in [0.15, 0.2) is 30.3 Å². The lowest BCUT2D eigenvalue weighted by Crippen LogP contribution is -2.61. The van der Waals surface area contributed by atoms with E-state index in [0.717, 1.165) is 51.5 Å². The van der Waals surface area contributed by atoms with E-state index in [-0.39, 0.29) is 88.1 Å². The molecule has 3 N–H and O–H groups in total. The summed E-state index contributed by atoms with van der Waals surface area (Å²) in [5, 5.41) is 25.4. The molecule has 282 valence electrons. The molecule has 3 atom stereocenters. The molecule has 2 aliphatic carbocycles. The number of benzene rings is 2. The molecule has 2 aromatic heterocycles. The lowest BCUT2D eigenvalue weighted by Gasteiger charge is -2.53. The van der Waals surface area contributed by atoms with Gasteiger partial charge in [-0.05, 0) is 75.6 Å². The number of phenols is 1. The molecule has 4 aromatic rings. The number of aliphatic hydroxyl groups is 1. The predicted octanol–water partition coefficient (Wildman–Crippen LogP) is 5.11. The smallest absolute Gasteiger partial charge is 0.319 e. The van der Waals surface area contributed by atoms with Gasteiger partial charge in [0.1, 0.15) is 39.6 Å². The molecule has 4 aliphatic rings. The first-order valence-corrected chi connectivity index (χ1v) is 18.5. The van der Waals surface area contributed by atoms with E-state index in [1.807, 2.05) is 0 Å². The van der Waals surface area contributed by atoms with Crippen LogP contribution in [0.1, 0.15) is 58.8 Å². The van der Waals surface area contributed by atoms with Crippen molar-refractivity contribution in [2.24, 2.45) is 5.41 Å². The number of β-amino-alcohol motifs (C(OH)–C–C–N with tert-alkyl or cyclic N) is 1. The minimum atomic E-state index is -1.24. The Hall–Kier alpha value is -4.40. The van der Waals surface area contributed by atoms with Gasteiger partial charge in [0.15, 0.2) is 5.82 Å². The van der Waals surface area contributed by atoms with Crippen LogP contribution in [-0.2, 0) is 9.53 Å². The number of nitrogens with one attached hydrogen (secondary N) is 1. The van der Waals surface area contributed by atoms with Crippen LogP contribution in [-0.4, -0.2) is 106 Å². The van der Waals surface area contributed by atoms with Crippen LogP contribution in [0, 0.1) is 17.0 Å². The Bertz CT molecular complexity index is 2060. The Morgan fingerprint density at radius 3 is 2.72 bits per heavy atom. The number of likely N-dealkylation sites (tertiary alicyclic amines) is 1. The summed E-state index contributed by atoms with van der Waals surface area (Å²) in [5.74, 6) is -1.39. The van der Waals surface area contributed by atoms with E-state index in [9.17, 15) is 15.0 Å². The van der Waals surface area contributed by atoms with Crippen molar-refractivity contribution in [1.29, 1.82) is 0 Å². The molecule has 2 aliphatic heterocycles. The minimum Gasteiger partial charge on any atom is -0.508 e. The first-order chi connectivity index (χ1) is 25.4. The summed E-state index contributed by atoms with van der Waals surface area (Å²) < 4.78 is 50.5. The molecule has 4 heterocycles. The van der Waals surface area contributed by atoms with Crippen molar-refractivity contribution in [2.75, 3.05) is 51.5 Å². The Balaban J connectivity index is 1.21. The largest absolute Gasteiger partial charge is 0.508 e. The van der Waals surface area contributed by atoms with E-state index < -0.39 is 17.2 Å². The Kier molecular flexibility index (Phi) is 9.26. The van der Waals surface area contributed by atoms with Crippen LogP contribution in [0.5, 0.6) is 17.6 Å². The number of phenolic OH excluding ortho intramolecular Hbond substituents is 1. The second-order valence-electron chi connectivity index (χ2n) is 15.6. The topological polar surface area (TPSA) is 142 Å². The number of piperidine rings is 1. The SMILES string of the molecule is COc1nc(-c2cc(O)cc3cccc(F)c23)c(F)c2nc(OCC34CCCC3N(C3CC(NC(C)=O)C3)CCC4)nc(N3CCOC[C@@](C)(O)C3)c12. The van der Waals surface area contributed by atoms with Gasteiger partial charge >= 0.3 is 6.01 Å². The quantitative estimate of drug-likeness (QED) is 0.223. The van der Waals surface area contributed by atoms with E-state index in [4.69, 9.17) is 19.2 Å². The third kappa shape index (κ3) is 6.58. The zero-order chi connectivity index (χ0) is 37.1. The van der Waals surface area contributed by atoms with Gasteiger partial charge in [0, 0.05) is 48.0 Å². The van der Waals surface area contributed by atoms with E-state index >= 15 is 8.78 Å². The molecule has 2 saturated heterocycles. The van der Waals surface area contributed by atoms with Gasteiger partial charge in [-0.2, -0.15) is 9.97 Å². The summed E-state index contributed by atoms with van der Waals surface area (Å²) in [7, 11) is 1.40. The number of nitrogens with zero attached hydrogens (tertiary/aromatic N) is 5.